The molecule has 0 radical (unpaired) electrons. The van der Waals surface area contributed by atoms with Crippen LogP contribution in [0.4, 0.5) is 5.82 Å². The third kappa shape index (κ3) is 7.02. The Balaban J connectivity index is 1.54. The maximum atomic E-state index is 4.75. The van der Waals surface area contributed by atoms with Gasteiger partial charge in [0.1, 0.15) is 5.82 Å². The summed E-state index contributed by atoms with van der Waals surface area (Å²) < 4.78 is 0. The Labute approximate surface area is 181 Å². The summed E-state index contributed by atoms with van der Waals surface area (Å²) in [7, 11) is 4.01. The molecule has 0 amide bonds. The molecule has 6 heteroatoms. The van der Waals surface area contributed by atoms with Crippen molar-refractivity contribution in [3.8, 4) is 0 Å². The zero-order valence-corrected chi connectivity index (χ0v) is 18.7. The zero-order chi connectivity index (χ0) is 21.2. The van der Waals surface area contributed by atoms with Crippen LogP contribution in [0.25, 0.3) is 0 Å². The van der Waals surface area contributed by atoms with Gasteiger partial charge in [-0.1, -0.05) is 36.8 Å². The zero-order valence-electron chi connectivity index (χ0n) is 18.7. The highest BCUT2D eigenvalue weighted by Gasteiger charge is 2.10. The van der Waals surface area contributed by atoms with Crippen molar-refractivity contribution in [2.75, 3.05) is 38.6 Å². The number of aliphatic imine (C=N–C) groups is 1. The first-order valence-electron chi connectivity index (χ1n) is 11.1. The van der Waals surface area contributed by atoms with E-state index in [1.165, 1.54) is 43.5 Å². The number of anilines is 1. The summed E-state index contributed by atoms with van der Waals surface area (Å²) in [6.07, 6.45) is 4.05. The molecule has 0 atom stereocenters. The summed E-state index contributed by atoms with van der Waals surface area (Å²) in [5.74, 6) is 1.77. The molecule has 2 N–H and O–H groups in total. The predicted octanol–water partition coefficient (Wildman–Crippen LogP) is 3.39. The van der Waals surface area contributed by atoms with E-state index in [0.29, 0.717) is 13.1 Å². The second-order valence-corrected chi connectivity index (χ2v) is 8.08. The van der Waals surface area contributed by atoms with Gasteiger partial charge >= 0.3 is 0 Å². The van der Waals surface area contributed by atoms with Gasteiger partial charge in [-0.05, 0) is 56.1 Å². The van der Waals surface area contributed by atoms with E-state index in [4.69, 9.17) is 4.99 Å². The molecule has 1 aromatic carbocycles. The quantitative estimate of drug-likeness (QED) is 0.518. The molecule has 2 aromatic rings. The monoisotopic (exact) mass is 408 g/mol. The minimum Gasteiger partial charge on any atom is -0.363 e. The number of guanidine groups is 1. The van der Waals surface area contributed by atoms with Crippen LogP contribution in [0.2, 0.25) is 0 Å². The lowest BCUT2D eigenvalue weighted by atomic mass is 10.1. The van der Waals surface area contributed by atoms with Crippen LogP contribution >= 0.6 is 0 Å². The van der Waals surface area contributed by atoms with Gasteiger partial charge in [-0.2, -0.15) is 0 Å². The summed E-state index contributed by atoms with van der Waals surface area (Å²) in [5, 5.41) is 6.71. The molecule has 162 valence electrons. The topological polar surface area (TPSA) is 55.8 Å². The molecule has 30 heavy (non-hydrogen) atoms. The van der Waals surface area contributed by atoms with E-state index >= 15 is 0 Å². The van der Waals surface area contributed by atoms with Crippen LogP contribution in [-0.2, 0) is 19.6 Å². The molecule has 2 heterocycles. The van der Waals surface area contributed by atoms with E-state index in [0.717, 1.165) is 30.6 Å². The number of hydrogen-bond donors (Lipinski definition) is 2. The van der Waals surface area contributed by atoms with Crippen LogP contribution in [0.1, 0.15) is 43.0 Å². The number of benzene rings is 1. The van der Waals surface area contributed by atoms with Gasteiger partial charge in [-0.25, -0.2) is 9.98 Å². The van der Waals surface area contributed by atoms with E-state index in [2.05, 4.69) is 51.7 Å². The molecule has 0 saturated carbocycles. The Kier molecular flexibility index (Phi) is 8.51. The normalized spacial score (nSPS) is 15.1. The van der Waals surface area contributed by atoms with E-state index in [-0.39, 0.29) is 0 Å². The van der Waals surface area contributed by atoms with Crippen LogP contribution in [0.3, 0.4) is 0 Å². The van der Waals surface area contributed by atoms with Crippen molar-refractivity contribution in [1.82, 2.24) is 20.5 Å². The molecule has 1 aliphatic heterocycles. The highest BCUT2D eigenvalue weighted by molar-refractivity contribution is 5.79. The number of aromatic nitrogens is 1. The minimum absolute atomic E-state index is 0.641. The fourth-order valence-electron chi connectivity index (χ4n) is 3.63. The number of rotatable bonds is 8. The van der Waals surface area contributed by atoms with Gasteiger partial charge in [0, 0.05) is 27.2 Å². The third-order valence-electron chi connectivity index (χ3n) is 5.33. The SMILES string of the molecule is CCNC(=NCc1ccc(CN2CCCCC2)cc1)NCc1cccc(N(C)C)n1. The van der Waals surface area contributed by atoms with Gasteiger partial charge in [0.2, 0.25) is 0 Å². The first-order chi connectivity index (χ1) is 14.6. The van der Waals surface area contributed by atoms with Gasteiger partial charge < -0.3 is 15.5 Å². The van der Waals surface area contributed by atoms with E-state index < -0.39 is 0 Å². The Hall–Kier alpha value is -2.60. The lowest BCUT2D eigenvalue weighted by Crippen LogP contribution is -2.37. The highest BCUT2D eigenvalue weighted by atomic mass is 15.2. The second-order valence-electron chi connectivity index (χ2n) is 8.08. The van der Waals surface area contributed by atoms with Gasteiger partial charge in [-0.3, -0.25) is 4.90 Å². The maximum Gasteiger partial charge on any atom is 0.191 e. The molecule has 0 unspecified atom stereocenters. The number of likely N-dealkylation sites (tertiary alicyclic amines) is 1. The molecular weight excluding hydrogens is 372 g/mol. The molecule has 1 aromatic heterocycles. The van der Waals surface area contributed by atoms with Crippen LogP contribution in [-0.4, -0.2) is 49.6 Å². The minimum atomic E-state index is 0.641. The predicted molar refractivity (Wildman–Crippen MR) is 126 cm³/mol. The fraction of sp³-hybridized carbons (Fsp3) is 0.500. The number of nitrogens with zero attached hydrogens (tertiary/aromatic N) is 4. The average molecular weight is 409 g/mol. The van der Waals surface area contributed by atoms with Gasteiger partial charge in [-0.15, -0.1) is 0 Å². The molecule has 3 rings (SSSR count). The van der Waals surface area contributed by atoms with Crippen LogP contribution in [0, 0.1) is 0 Å². The molecule has 1 aliphatic rings. The first kappa shape index (κ1) is 22.1. The Morgan fingerprint density at radius 1 is 1.00 bits per heavy atom. The van der Waals surface area contributed by atoms with Crippen molar-refractivity contribution in [3.63, 3.8) is 0 Å². The van der Waals surface area contributed by atoms with E-state index in [1.807, 2.05) is 37.2 Å². The van der Waals surface area contributed by atoms with Crippen LogP contribution in [0.5, 0.6) is 0 Å². The lowest BCUT2D eigenvalue weighted by Gasteiger charge is -2.26. The number of pyridine rings is 1. The summed E-state index contributed by atoms with van der Waals surface area (Å²) in [6.45, 7) is 7.73. The van der Waals surface area contributed by atoms with Crippen molar-refractivity contribution >= 4 is 11.8 Å². The maximum absolute atomic E-state index is 4.75. The lowest BCUT2D eigenvalue weighted by molar-refractivity contribution is 0.221. The number of hydrogen-bond acceptors (Lipinski definition) is 4. The van der Waals surface area contributed by atoms with Crippen LogP contribution in [0.15, 0.2) is 47.5 Å². The summed E-state index contributed by atoms with van der Waals surface area (Å²) in [4.78, 5) is 14.0. The van der Waals surface area contributed by atoms with Crippen LogP contribution < -0.4 is 15.5 Å². The molecule has 0 spiro atoms. The first-order valence-corrected chi connectivity index (χ1v) is 11.1. The van der Waals surface area contributed by atoms with Crippen molar-refractivity contribution in [2.24, 2.45) is 4.99 Å². The molecular formula is C24H36N6. The summed E-state index contributed by atoms with van der Waals surface area (Å²) >= 11 is 0. The van der Waals surface area contributed by atoms with Crippen molar-refractivity contribution in [3.05, 3.63) is 59.3 Å². The van der Waals surface area contributed by atoms with Crippen molar-refractivity contribution in [2.45, 2.75) is 45.8 Å². The van der Waals surface area contributed by atoms with Gasteiger partial charge in [0.25, 0.3) is 0 Å². The Morgan fingerprint density at radius 3 is 2.43 bits per heavy atom. The van der Waals surface area contributed by atoms with Crippen molar-refractivity contribution < 1.29 is 0 Å². The number of piperidine rings is 1. The Bertz CT molecular complexity index is 794. The summed E-state index contributed by atoms with van der Waals surface area (Å²) in [5.41, 5.74) is 3.61. The Morgan fingerprint density at radius 2 is 1.73 bits per heavy atom. The standard InChI is InChI=1S/C24H36N6/c1-4-25-24(27-18-22-9-8-10-23(28-22)29(2)3)26-17-20-11-13-21(14-12-20)19-30-15-6-5-7-16-30/h8-14H,4-7,15-19H2,1-3H3,(H2,25,26,27). The van der Waals surface area contributed by atoms with E-state index in [1.54, 1.807) is 0 Å². The molecule has 0 bridgehead atoms. The summed E-state index contributed by atoms with van der Waals surface area (Å²) in [6, 6.07) is 15.0. The van der Waals surface area contributed by atoms with Crippen molar-refractivity contribution in [1.29, 1.82) is 0 Å². The molecule has 0 aliphatic carbocycles. The molecule has 1 fully saturated rings. The van der Waals surface area contributed by atoms with E-state index in [9.17, 15) is 0 Å². The fourth-order valence-corrected chi connectivity index (χ4v) is 3.63. The molecule has 1 saturated heterocycles. The average Bonchev–Trinajstić information content (AvgIpc) is 2.77. The van der Waals surface area contributed by atoms with Gasteiger partial charge in [0.15, 0.2) is 5.96 Å². The number of nitrogens with one attached hydrogen (secondary N) is 2. The second kappa shape index (κ2) is 11.6. The third-order valence-corrected chi connectivity index (χ3v) is 5.33. The highest BCUT2D eigenvalue weighted by Crippen LogP contribution is 2.14. The smallest absolute Gasteiger partial charge is 0.191 e. The largest absolute Gasteiger partial charge is 0.363 e. The van der Waals surface area contributed by atoms with Gasteiger partial charge in [0.05, 0.1) is 18.8 Å². The molecule has 6 nitrogen and oxygen atoms in total.